The van der Waals surface area contributed by atoms with Crippen molar-refractivity contribution in [2.75, 3.05) is 6.61 Å². The molecule has 1 saturated heterocycles. The molecule has 2 rings (SSSR count). The van der Waals surface area contributed by atoms with Crippen LogP contribution in [-0.4, -0.2) is 61.1 Å². The molecule has 0 spiro atoms. The van der Waals surface area contributed by atoms with Gasteiger partial charge in [0.25, 0.3) is 0 Å². The molecule has 6 atom stereocenters. The van der Waals surface area contributed by atoms with Gasteiger partial charge in [-0.15, -0.1) is 0 Å². The fourth-order valence-electron chi connectivity index (χ4n) is 3.67. The first kappa shape index (κ1) is 36.8. The first-order valence-corrected chi connectivity index (χ1v) is 14.6. The summed E-state index contributed by atoms with van der Waals surface area (Å²) in [6.45, 7) is 19.4. The van der Waals surface area contributed by atoms with Gasteiger partial charge >= 0.3 is 23.9 Å². The lowest BCUT2D eigenvalue weighted by molar-refractivity contribution is -0.265. The molecule has 1 N–H and O–H groups in total. The third kappa shape index (κ3) is 9.79. The number of carbonyl (C=O) groups excluding carboxylic acids is 4. The van der Waals surface area contributed by atoms with Crippen molar-refractivity contribution in [3.63, 3.8) is 0 Å². The summed E-state index contributed by atoms with van der Waals surface area (Å²) in [5.74, 6) is -2.31. The quantitative estimate of drug-likeness (QED) is 0.317. The van der Waals surface area contributed by atoms with E-state index < -0.39 is 88.8 Å². The van der Waals surface area contributed by atoms with Crippen LogP contribution in [0, 0.1) is 33.0 Å². The third-order valence-corrected chi connectivity index (χ3v) is 6.48. The molecule has 1 aliphatic heterocycles. The van der Waals surface area contributed by atoms with Crippen molar-refractivity contribution < 1.29 is 47.3 Å². The summed E-state index contributed by atoms with van der Waals surface area (Å²) in [6, 6.07) is 4.17. The van der Waals surface area contributed by atoms with E-state index in [1.165, 1.54) is 6.26 Å². The van der Waals surface area contributed by atoms with E-state index in [0.717, 1.165) is 0 Å². The Labute approximate surface area is 260 Å². The largest absolute Gasteiger partial charge is 0.467 e. The highest BCUT2D eigenvalue weighted by Gasteiger charge is 2.55. The summed E-state index contributed by atoms with van der Waals surface area (Å²) in [7, 11) is 0. The molecule has 0 bridgehead atoms. The van der Waals surface area contributed by atoms with Gasteiger partial charge in [-0.2, -0.15) is 5.26 Å². The minimum atomic E-state index is -1.43. The maximum Gasteiger partial charge on any atom is 0.311 e. The zero-order valence-corrected chi connectivity index (χ0v) is 27.9. The second-order valence-electron chi connectivity index (χ2n) is 15.0. The van der Waals surface area contributed by atoms with Crippen LogP contribution in [0.25, 0.3) is 0 Å². The first-order valence-electron chi connectivity index (χ1n) is 14.6. The van der Waals surface area contributed by atoms with Gasteiger partial charge in [-0.1, -0.05) is 0 Å². The van der Waals surface area contributed by atoms with E-state index in [0.29, 0.717) is 0 Å². The third-order valence-electron chi connectivity index (χ3n) is 6.48. The molecule has 3 unspecified atom stereocenters. The van der Waals surface area contributed by atoms with Crippen LogP contribution in [-0.2, 0) is 42.9 Å². The molecule has 1 aliphatic rings. The summed E-state index contributed by atoms with van der Waals surface area (Å²) in [4.78, 5) is 52.6. The lowest BCUT2D eigenvalue weighted by atomic mass is 9.92. The number of furan rings is 1. The van der Waals surface area contributed by atoms with Gasteiger partial charge in [0.1, 0.15) is 18.5 Å². The molecule has 1 aromatic heterocycles. The molecular formula is C32H48N2O10. The van der Waals surface area contributed by atoms with Crippen LogP contribution in [0.2, 0.25) is 0 Å². The monoisotopic (exact) mass is 620 g/mol. The lowest BCUT2D eigenvalue weighted by Gasteiger charge is -2.46. The van der Waals surface area contributed by atoms with E-state index in [9.17, 15) is 24.4 Å². The van der Waals surface area contributed by atoms with Crippen molar-refractivity contribution >= 4 is 23.9 Å². The fraction of sp³-hybridized carbons (Fsp3) is 0.719. The van der Waals surface area contributed by atoms with Crippen molar-refractivity contribution in [2.45, 2.75) is 120 Å². The highest BCUT2D eigenvalue weighted by atomic mass is 16.7. The molecule has 0 saturated carbocycles. The smallest absolute Gasteiger partial charge is 0.311 e. The molecule has 0 aliphatic carbocycles. The molecule has 1 fully saturated rings. The summed E-state index contributed by atoms with van der Waals surface area (Å²) in [5.41, 5.74) is -3.84. The van der Waals surface area contributed by atoms with Crippen LogP contribution < -0.4 is 5.32 Å². The van der Waals surface area contributed by atoms with Crippen molar-refractivity contribution in [1.29, 1.82) is 5.26 Å². The van der Waals surface area contributed by atoms with Crippen molar-refractivity contribution in [3.05, 3.63) is 24.2 Å². The number of esters is 4. The van der Waals surface area contributed by atoms with Gasteiger partial charge in [0.05, 0.1) is 34.0 Å². The maximum atomic E-state index is 13.3. The van der Waals surface area contributed by atoms with E-state index >= 15 is 0 Å². The number of nitriles is 1. The second kappa shape index (κ2) is 13.7. The second-order valence-corrected chi connectivity index (χ2v) is 15.0. The van der Waals surface area contributed by atoms with Crippen molar-refractivity contribution in [2.24, 2.45) is 21.7 Å². The van der Waals surface area contributed by atoms with Crippen LogP contribution in [0.15, 0.2) is 22.8 Å². The van der Waals surface area contributed by atoms with E-state index in [-0.39, 0.29) is 5.76 Å². The number of hydrogen-bond donors (Lipinski definition) is 1. The number of carbonyl (C=O) groups is 4. The zero-order valence-electron chi connectivity index (χ0n) is 27.9. The molecule has 12 nitrogen and oxygen atoms in total. The number of ether oxygens (including phenoxy) is 5. The topological polar surface area (TPSA) is 163 Å². The standard InChI is InChI=1S/C32H48N2O10/c1-29(2,3)25(35)40-17-20-21(42-26(36)30(4,5)6)22(43-27(37)31(7,8)9)23(44-28(38)32(10,11)12)24(41-20)34-18(16-33)19-14-13-15-39-19/h13-15,18,20-24,34H,17H2,1-12H3/t18?,20?,21-,22-,23?,24-/m1/s1. The first-order chi connectivity index (χ1) is 20.0. The molecule has 0 aromatic carbocycles. The molecular weight excluding hydrogens is 572 g/mol. The van der Waals surface area contributed by atoms with Crippen LogP contribution >= 0.6 is 0 Å². The Bertz CT molecular complexity index is 1210. The molecule has 12 heteroatoms. The minimum absolute atomic E-state index is 0.247. The van der Waals surface area contributed by atoms with Gasteiger partial charge in [-0.05, 0) is 95.2 Å². The average molecular weight is 621 g/mol. The van der Waals surface area contributed by atoms with Gasteiger partial charge in [0.2, 0.25) is 0 Å². The number of nitrogens with zero attached hydrogens (tertiary/aromatic N) is 1. The van der Waals surface area contributed by atoms with Gasteiger partial charge < -0.3 is 28.1 Å². The van der Waals surface area contributed by atoms with Gasteiger partial charge in [0, 0.05) is 0 Å². The average Bonchev–Trinajstić information content (AvgIpc) is 3.41. The predicted molar refractivity (Wildman–Crippen MR) is 157 cm³/mol. The van der Waals surface area contributed by atoms with Crippen molar-refractivity contribution in [3.8, 4) is 6.07 Å². The van der Waals surface area contributed by atoms with Crippen LogP contribution in [0.5, 0.6) is 0 Å². The molecule has 0 radical (unpaired) electrons. The predicted octanol–water partition coefficient (Wildman–Crippen LogP) is 4.62. The fourth-order valence-corrected chi connectivity index (χ4v) is 3.67. The molecule has 246 valence electrons. The number of hydrogen-bond acceptors (Lipinski definition) is 12. The Morgan fingerprint density at radius 3 is 1.64 bits per heavy atom. The zero-order chi connectivity index (χ0) is 33.8. The SMILES string of the molecule is CC(C)(C)C(=O)OCC1O[C@@H](NC(C#N)c2ccco2)C(OC(=O)C(C)(C)C)[C@H](OC(=O)C(C)(C)C)[C@@H]1OC(=O)C(C)(C)C. The maximum absolute atomic E-state index is 13.3. The Hall–Kier alpha value is -3.43. The number of rotatable bonds is 8. The Balaban J connectivity index is 2.72. The van der Waals surface area contributed by atoms with Crippen LogP contribution in [0.1, 0.15) is 94.9 Å². The van der Waals surface area contributed by atoms with Crippen LogP contribution in [0.4, 0.5) is 0 Å². The highest BCUT2D eigenvalue weighted by Crippen LogP contribution is 2.34. The summed E-state index contributed by atoms with van der Waals surface area (Å²) >= 11 is 0. The number of nitrogens with one attached hydrogen (secondary N) is 1. The van der Waals surface area contributed by atoms with E-state index in [4.69, 9.17) is 28.1 Å². The lowest BCUT2D eigenvalue weighted by Crippen LogP contribution is -2.66. The Morgan fingerprint density at radius 2 is 1.23 bits per heavy atom. The van der Waals surface area contributed by atoms with Gasteiger partial charge in [-0.3, -0.25) is 24.5 Å². The van der Waals surface area contributed by atoms with Gasteiger partial charge in [-0.25, -0.2) is 0 Å². The van der Waals surface area contributed by atoms with Crippen molar-refractivity contribution in [1.82, 2.24) is 5.32 Å². The van der Waals surface area contributed by atoms with Gasteiger partial charge in [0.15, 0.2) is 30.6 Å². The Kier molecular flexibility index (Phi) is 11.4. The van der Waals surface area contributed by atoms with E-state index in [1.807, 2.05) is 0 Å². The van der Waals surface area contributed by atoms with Crippen LogP contribution in [0.3, 0.4) is 0 Å². The minimum Gasteiger partial charge on any atom is -0.467 e. The molecule has 0 amide bonds. The summed E-state index contributed by atoms with van der Waals surface area (Å²) in [6.07, 6.45) is -5.34. The Morgan fingerprint density at radius 1 is 0.773 bits per heavy atom. The normalized spacial score (nSPS) is 23.6. The molecule has 2 heterocycles. The van der Waals surface area contributed by atoms with E-state index in [2.05, 4.69) is 11.4 Å². The summed E-state index contributed by atoms with van der Waals surface area (Å²) < 4.78 is 35.1. The summed E-state index contributed by atoms with van der Waals surface area (Å²) in [5, 5.41) is 13.0. The highest BCUT2D eigenvalue weighted by molar-refractivity contribution is 5.78. The molecule has 1 aromatic rings. The van der Waals surface area contributed by atoms with E-state index in [1.54, 1.807) is 95.2 Å². The molecule has 44 heavy (non-hydrogen) atoms.